The molecule has 1 aliphatic rings. The van der Waals surface area contributed by atoms with Gasteiger partial charge >= 0.3 is 0 Å². The van der Waals surface area contributed by atoms with Crippen molar-refractivity contribution in [2.45, 2.75) is 18.4 Å². The Bertz CT molecular complexity index is 319. The Morgan fingerprint density at radius 1 is 1.29 bits per heavy atom. The topological polar surface area (TPSA) is 12.0 Å². The van der Waals surface area contributed by atoms with E-state index in [0.29, 0.717) is 18.0 Å². The molecule has 1 heterocycles. The fourth-order valence-corrected chi connectivity index (χ4v) is 1.60. The van der Waals surface area contributed by atoms with Gasteiger partial charge in [0.1, 0.15) is 0 Å². The standard InChI is InChI=1S/C10H10ClF2N/c11-8-3-1-7(2-4-8)10(12,13)9-5-6-14-9/h1-4,9,14H,5-6H2. The number of hydrogen-bond donors (Lipinski definition) is 1. The molecule has 1 N–H and O–H groups in total. The summed E-state index contributed by atoms with van der Waals surface area (Å²) >= 11 is 5.63. The van der Waals surface area contributed by atoms with E-state index in [1.165, 1.54) is 24.3 Å². The smallest absolute Gasteiger partial charge is 0.288 e. The van der Waals surface area contributed by atoms with Crippen LogP contribution in [0, 0.1) is 0 Å². The van der Waals surface area contributed by atoms with Crippen LogP contribution < -0.4 is 5.32 Å². The first-order valence-corrected chi connectivity index (χ1v) is 4.86. The Kier molecular flexibility index (Phi) is 2.45. The lowest BCUT2D eigenvalue weighted by molar-refractivity contribution is -0.0646. The highest BCUT2D eigenvalue weighted by Gasteiger charge is 2.44. The molecule has 1 aromatic rings. The van der Waals surface area contributed by atoms with Gasteiger partial charge in [-0.15, -0.1) is 0 Å². The summed E-state index contributed by atoms with van der Waals surface area (Å²) in [6, 6.07) is 5.01. The van der Waals surface area contributed by atoms with Crippen molar-refractivity contribution in [1.82, 2.24) is 5.32 Å². The maximum absolute atomic E-state index is 13.6. The van der Waals surface area contributed by atoms with Gasteiger partial charge < -0.3 is 5.32 Å². The predicted molar refractivity (Wildman–Crippen MR) is 51.8 cm³/mol. The van der Waals surface area contributed by atoms with Crippen LogP contribution in [0.4, 0.5) is 8.78 Å². The monoisotopic (exact) mass is 217 g/mol. The van der Waals surface area contributed by atoms with Crippen LogP contribution in [0.5, 0.6) is 0 Å². The largest absolute Gasteiger partial charge is 0.308 e. The van der Waals surface area contributed by atoms with E-state index in [4.69, 9.17) is 11.6 Å². The first kappa shape index (κ1) is 9.87. The Morgan fingerprint density at radius 3 is 2.29 bits per heavy atom. The lowest BCUT2D eigenvalue weighted by Crippen LogP contribution is -2.53. The number of benzene rings is 1. The molecule has 1 nitrogen and oxygen atoms in total. The lowest BCUT2D eigenvalue weighted by Gasteiger charge is -2.35. The fourth-order valence-electron chi connectivity index (χ4n) is 1.47. The van der Waals surface area contributed by atoms with E-state index >= 15 is 0 Å². The highest BCUT2D eigenvalue weighted by molar-refractivity contribution is 6.30. The van der Waals surface area contributed by atoms with Crippen LogP contribution in [-0.2, 0) is 5.92 Å². The molecule has 2 rings (SSSR count). The van der Waals surface area contributed by atoms with E-state index in [0.717, 1.165) is 0 Å². The van der Waals surface area contributed by atoms with Crippen LogP contribution in [0.3, 0.4) is 0 Å². The van der Waals surface area contributed by atoms with E-state index in [2.05, 4.69) is 5.32 Å². The van der Waals surface area contributed by atoms with Crippen molar-refractivity contribution in [2.75, 3.05) is 6.54 Å². The van der Waals surface area contributed by atoms with Crippen molar-refractivity contribution in [2.24, 2.45) is 0 Å². The number of hydrogen-bond acceptors (Lipinski definition) is 1. The minimum absolute atomic E-state index is 0.0269. The lowest BCUT2D eigenvalue weighted by atomic mass is 9.94. The molecule has 1 aliphatic heterocycles. The zero-order chi connectivity index (χ0) is 10.2. The van der Waals surface area contributed by atoms with Gasteiger partial charge in [-0.1, -0.05) is 23.7 Å². The molecular formula is C10H10ClF2N. The van der Waals surface area contributed by atoms with Crippen LogP contribution >= 0.6 is 11.6 Å². The van der Waals surface area contributed by atoms with E-state index < -0.39 is 12.0 Å². The van der Waals surface area contributed by atoms with Crippen molar-refractivity contribution in [3.63, 3.8) is 0 Å². The number of halogens is 3. The molecule has 1 saturated heterocycles. The molecule has 14 heavy (non-hydrogen) atoms. The third-order valence-corrected chi connectivity index (χ3v) is 2.74. The van der Waals surface area contributed by atoms with Gasteiger partial charge in [0, 0.05) is 10.6 Å². The average Bonchev–Trinajstić information content (AvgIpc) is 2.00. The van der Waals surface area contributed by atoms with Crippen LogP contribution in [-0.4, -0.2) is 12.6 Å². The van der Waals surface area contributed by atoms with Gasteiger partial charge in [0.2, 0.25) is 0 Å². The molecule has 0 saturated carbocycles. The maximum atomic E-state index is 13.6. The van der Waals surface area contributed by atoms with Gasteiger partial charge in [0.25, 0.3) is 5.92 Å². The summed E-state index contributed by atoms with van der Waals surface area (Å²) in [4.78, 5) is 0. The molecular weight excluding hydrogens is 208 g/mol. The minimum Gasteiger partial charge on any atom is -0.308 e. The molecule has 1 unspecified atom stereocenters. The molecule has 1 atom stereocenters. The quantitative estimate of drug-likeness (QED) is 0.803. The van der Waals surface area contributed by atoms with Gasteiger partial charge in [-0.3, -0.25) is 0 Å². The molecule has 1 aromatic carbocycles. The summed E-state index contributed by atoms with van der Waals surface area (Å²) in [6.07, 6.45) is 0.523. The SMILES string of the molecule is FC(F)(c1ccc(Cl)cc1)C1CCN1. The van der Waals surface area contributed by atoms with Crippen molar-refractivity contribution in [3.05, 3.63) is 34.9 Å². The van der Waals surface area contributed by atoms with Crippen LogP contribution in [0.15, 0.2) is 24.3 Å². The molecule has 0 amide bonds. The normalized spacial score (nSPS) is 21.8. The van der Waals surface area contributed by atoms with Crippen molar-refractivity contribution in [3.8, 4) is 0 Å². The third-order valence-electron chi connectivity index (χ3n) is 2.49. The van der Waals surface area contributed by atoms with Gasteiger partial charge in [0.15, 0.2) is 0 Å². The summed E-state index contributed by atoms with van der Waals surface area (Å²) in [7, 11) is 0. The van der Waals surface area contributed by atoms with Crippen LogP contribution in [0.2, 0.25) is 5.02 Å². The number of alkyl halides is 2. The average molecular weight is 218 g/mol. The zero-order valence-electron chi connectivity index (χ0n) is 7.43. The van der Waals surface area contributed by atoms with Crippen LogP contribution in [0.25, 0.3) is 0 Å². The minimum atomic E-state index is -2.79. The molecule has 0 bridgehead atoms. The highest BCUT2D eigenvalue weighted by atomic mass is 35.5. The van der Waals surface area contributed by atoms with E-state index in [9.17, 15) is 8.78 Å². The first-order chi connectivity index (χ1) is 6.60. The van der Waals surface area contributed by atoms with Gasteiger partial charge in [-0.25, -0.2) is 0 Å². The zero-order valence-corrected chi connectivity index (χ0v) is 8.19. The molecule has 0 aromatic heterocycles. The number of rotatable bonds is 2. The second-order valence-corrected chi connectivity index (χ2v) is 3.86. The summed E-state index contributed by atoms with van der Waals surface area (Å²) in [5.74, 6) is -2.79. The molecule has 4 heteroatoms. The molecule has 76 valence electrons. The Morgan fingerprint density at radius 2 is 1.86 bits per heavy atom. The maximum Gasteiger partial charge on any atom is 0.288 e. The predicted octanol–water partition coefficient (Wildman–Crippen LogP) is 2.79. The molecule has 0 spiro atoms. The molecule has 0 aliphatic carbocycles. The first-order valence-electron chi connectivity index (χ1n) is 4.48. The van der Waals surface area contributed by atoms with E-state index in [-0.39, 0.29) is 5.56 Å². The van der Waals surface area contributed by atoms with Crippen molar-refractivity contribution < 1.29 is 8.78 Å². The number of nitrogens with one attached hydrogen (secondary N) is 1. The van der Waals surface area contributed by atoms with Crippen LogP contribution in [0.1, 0.15) is 12.0 Å². The third kappa shape index (κ3) is 1.62. The Labute approximate surface area is 86.1 Å². The fraction of sp³-hybridized carbons (Fsp3) is 0.400. The molecule has 1 fully saturated rings. The summed E-state index contributed by atoms with van der Waals surface area (Å²) in [5, 5.41) is 3.19. The second-order valence-electron chi connectivity index (χ2n) is 3.43. The van der Waals surface area contributed by atoms with Crippen molar-refractivity contribution in [1.29, 1.82) is 0 Å². The summed E-state index contributed by atoms with van der Waals surface area (Å²) < 4.78 is 27.3. The Hall–Kier alpha value is -0.670. The molecule has 0 radical (unpaired) electrons. The Balaban J connectivity index is 2.23. The van der Waals surface area contributed by atoms with E-state index in [1.807, 2.05) is 0 Å². The van der Waals surface area contributed by atoms with Gasteiger partial charge in [-0.05, 0) is 25.1 Å². The van der Waals surface area contributed by atoms with Crippen molar-refractivity contribution >= 4 is 11.6 Å². The highest BCUT2D eigenvalue weighted by Crippen LogP contribution is 2.36. The van der Waals surface area contributed by atoms with Gasteiger partial charge in [-0.2, -0.15) is 8.78 Å². The summed E-state index contributed by atoms with van der Waals surface area (Å²) in [6.45, 7) is 0.674. The van der Waals surface area contributed by atoms with E-state index in [1.54, 1.807) is 0 Å². The van der Waals surface area contributed by atoms with Gasteiger partial charge in [0.05, 0.1) is 6.04 Å². The second kappa shape index (κ2) is 3.48. The summed E-state index contributed by atoms with van der Waals surface area (Å²) in [5.41, 5.74) is 0.0269.